The lowest BCUT2D eigenvalue weighted by Crippen LogP contribution is -2.23. The molecule has 2 atom stereocenters. The molecule has 1 aromatic carbocycles. The van der Waals surface area contributed by atoms with Crippen molar-refractivity contribution in [3.8, 4) is 11.5 Å². The van der Waals surface area contributed by atoms with Crippen LogP contribution in [0.25, 0.3) is 0 Å². The van der Waals surface area contributed by atoms with Crippen molar-refractivity contribution in [3.05, 3.63) is 23.8 Å². The van der Waals surface area contributed by atoms with E-state index in [1.165, 1.54) is 7.11 Å². The van der Waals surface area contributed by atoms with E-state index >= 15 is 0 Å². The number of aliphatic hydroxyl groups is 1. The number of aliphatic hydroxyl groups excluding tert-OH is 1. The number of hydrogen-bond acceptors (Lipinski definition) is 5. The molecule has 0 aliphatic rings. The van der Waals surface area contributed by atoms with Crippen molar-refractivity contribution in [3.63, 3.8) is 0 Å². The van der Waals surface area contributed by atoms with Crippen LogP contribution in [0.1, 0.15) is 18.5 Å². The Labute approximate surface area is 107 Å². The Balaban J connectivity index is 2.77. The molecular weight excluding hydrogens is 234 g/mol. The summed E-state index contributed by atoms with van der Waals surface area (Å²) in [6.07, 6.45) is -0.665. The molecule has 0 bridgehead atoms. The predicted molar refractivity (Wildman–Crippen MR) is 69.0 cm³/mol. The Morgan fingerprint density at radius 3 is 2.56 bits per heavy atom. The van der Waals surface area contributed by atoms with Crippen LogP contribution < -0.4 is 15.2 Å². The number of ether oxygens (including phenoxy) is 3. The van der Waals surface area contributed by atoms with Crippen LogP contribution in [-0.4, -0.2) is 38.6 Å². The van der Waals surface area contributed by atoms with Crippen LogP contribution in [0.15, 0.2) is 18.2 Å². The minimum atomic E-state index is -0.665. The highest BCUT2D eigenvalue weighted by molar-refractivity contribution is 5.42. The van der Waals surface area contributed by atoms with Crippen LogP contribution in [0.5, 0.6) is 11.5 Å². The number of hydrogen-bond donors (Lipinski definition) is 2. The molecule has 0 saturated carbocycles. The zero-order valence-corrected chi connectivity index (χ0v) is 11.1. The van der Waals surface area contributed by atoms with Gasteiger partial charge in [0.15, 0.2) is 0 Å². The summed E-state index contributed by atoms with van der Waals surface area (Å²) in [5.41, 5.74) is 6.74. The second kappa shape index (κ2) is 7.20. The fourth-order valence-electron chi connectivity index (χ4n) is 1.57. The smallest absolute Gasteiger partial charge is 0.127 e. The van der Waals surface area contributed by atoms with Gasteiger partial charge in [0.25, 0.3) is 0 Å². The fraction of sp³-hybridized carbons (Fsp3) is 0.538. The Morgan fingerprint density at radius 1 is 1.28 bits per heavy atom. The van der Waals surface area contributed by atoms with Crippen LogP contribution in [0.3, 0.4) is 0 Å². The quantitative estimate of drug-likeness (QED) is 0.763. The fourth-order valence-corrected chi connectivity index (χ4v) is 1.57. The van der Waals surface area contributed by atoms with E-state index in [-0.39, 0.29) is 19.3 Å². The largest absolute Gasteiger partial charge is 0.497 e. The molecule has 0 aliphatic carbocycles. The van der Waals surface area contributed by atoms with Gasteiger partial charge in [0.05, 0.1) is 13.7 Å². The van der Waals surface area contributed by atoms with Gasteiger partial charge in [0.1, 0.15) is 24.2 Å². The molecule has 0 spiro atoms. The maximum atomic E-state index is 9.55. The van der Waals surface area contributed by atoms with Gasteiger partial charge in [-0.25, -0.2) is 0 Å². The Morgan fingerprint density at radius 2 is 2.00 bits per heavy atom. The SMILES string of the molecule is COCC(O)COc1cc(OC)ccc1[C@H](C)N. The summed E-state index contributed by atoms with van der Waals surface area (Å²) in [5.74, 6) is 1.31. The highest BCUT2D eigenvalue weighted by atomic mass is 16.5. The number of nitrogens with two attached hydrogens (primary N) is 1. The highest BCUT2D eigenvalue weighted by Gasteiger charge is 2.12. The van der Waals surface area contributed by atoms with Crippen LogP contribution in [0.2, 0.25) is 0 Å². The third-order valence-electron chi connectivity index (χ3n) is 2.50. The van der Waals surface area contributed by atoms with Gasteiger partial charge in [-0.1, -0.05) is 6.07 Å². The zero-order valence-electron chi connectivity index (χ0n) is 11.1. The Hall–Kier alpha value is -1.30. The normalized spacial score (nSPS) is 14.1. The van der Waals surface area contributed by atoms with Crippen molar-refractivity contribution in [1.82, 2.24) is 0 Å². The van der Waals surface area contributed by atoms with Gasteiger partial charge in [-0.05, 0) is 13.0 Å². The number of rotatable bonds is 7. The highest BCUT2D eigenvalue weighted by Crippen LogP contribution is 2.28. The first-order valence-corrected chi connectivity index (χ1v) is 5.81. The molecule has 1 aromatic rings. The monoisotopic (exact) mass is 255 g/mol. The maximum absolute atomic E-state index is 9.55. The molecule has 0 amide bonds. The van der Waals surface area contributed by atoms with Crippen LogP contribution in [0.4, 0.5) is 0 Å². The van der Waals surface area contributed by atoms with Gasteiger partial charge in [-0.3, -0.25) is 0 Å². The molecule has 1 unspecified atom stereocenters. The molecule has 18 heavy (non-hydrogen) atoms. The lowest BCUT2D eigenvalue weighted by atomic mass is 10.1. The second-order valence-electron chi connectivity index (χ2n) is 4.11. The lowest BCUT2D eigenvalue weighted by molar-refractivity contribution is 0.0322. The first kappa shape index (κ1) is 14.8. The summed E-state index contributed by atoms with van der Waals surface area (Å²) in [4.78, 5) is 0. The summed E-state index contributed by atoms with van der Waals surface area (Å²) in [5, 5.41) is 9.55. The number of benzene rings is 1. The van der Waals surface area contributed by atoms with E-state index in [0.717, 1.165) is 5.56 Å². The van der Waals surface area contributed by atoms with E-state index < -0.39 is 6.10 Å². The third kappa shape index (κ3) is 4.18. The maximum Gasteiger partial charge on any atom is 0.127 e. The second-order valence-corrected chi connectivity index (χ2v) is 4.11. The van der Waals surface area contributed by atoms with E-state index in [1.54, 1.807) is 13.2 Å². The standard InChI is InChI=1S/C13H21NO4/c1-9(14)12-5-4-11(17-3)6-13(12)18-8-10(15)7-16-2/h4-6,9-10,15H,7-8,14H2,1-3H3/t9-,10?/m0/s1. The molecular formula is C13H21NO4. The topological polar surface area (TPSA) is 73.9 Å². The summed E-state index contributed by atoms with van der Waals surface area (Å²) in [6.45, 7) is 2.26. The molecule has 102 valence electrons. The lowest BCUT2D eigenvalue weighted by Gasteiger charge is -2.17. The predicted octanol–water partition coefficient (Wildman–Crippen LogP) is 1.10. The van der Waals surface area contributed by atoms with E-state index in [1.807, 2.05) is 19.1 Å². The minimum absolute atomic E-state index is 0.148. The van der Waals surface area contributed by atoms with Gasteiger partial charge < -0.3 is 25.1 Å². The van der Waals surface area contributed by atoms with Crippen LogP contribution in [-0.2, 0) is 4.74 Å². The summed E-state index contributed by atoms with van der Waals surface area (Å²) in [7, 11) is 3.12. The summed E-state index contributed by atoms with van der Waals surface area (Å²) < 4.78 is 15.5. The van der Waals surface area contributed by atoms with Gasteiger partial charge in [-0.15, -0.1) is 0 Å². The molecule has 1 rings (SSSR count). The molecule has 0 radical (unpaired) electrons. The molecule has 5 nitrogen and oxygen atoms in total. The average molecular weight is 255 g/mol. The van der Waals surface area contributed by atoms with Gasteiger partial charge in [-0.2, -0.15) is 0 Å². The van der Waals surface area contributed by atoms with Crippen molar-refractivity contribution in [2.24, 2.45) is 5.73 Å². The molecule has 0 aliphatic heterocycles. The Bertz CT molecular complexity index is 368. The molecule has 0 fully saturated rings. The minimum Gasteiger partial charge on any atom is -0.497 e. The van der Waals surface area contributed by atoms with Crippen molar-refractivity contribution < 1.29 is 19.3 Å². The van der Waals surface area contributed by atoms with Gasteiger partial charge in [0.2, 0.25) is 0 Å². The van der Waals surface area contributed by atoms with E-state index in [4.69, 9.17) is 19.9 Å². The van der Waals surface area contributed by atoms with Crippen molar-refractivity contribution >= 4 is 0 Å². The molecule has 0 aromatic heterocycles. The summed E-state index contributed by atoms with van der Waals surface area (Å²) >= 11 is 0. The molecule has 3 N–H and O–H groups in total. The number of methoxy groups -OCH3 is 2. The first-order valence-electron chi connectivity index (χ1n) is 5.81. The molecule has 5 heteroatoms. The zero-order chi connectivity index (χ0) is 13.5. The third-order valence-corrected chi connectivity index (χ3v) is 2.50. The van der Waals surface area contributed by atoms with Crippen LogP contribution >= 0.6 is 0 Å². The van der Waals surface area contributed by atoms with Crippen molar-refractivity contribution in [1.29, 1.82) is 0 Å². The van der Waals surface area contributed by atoms with Gasteiger partial charge >= 0.3 is 0 Å². The first-order chi connectivity index (χ1) is 8.58. The molecule has 0 heterocycles. The summed E-state index contributed by atoms with van der Waals surface area (Å²) in [6, 6.07) is 5.31. The Kier molecular flexibility index (Phi) is 5.91. The van der Waals surface area contributed by atoms with E-state index in [9.17, 15) is 5.11 Å². The molecule has 0 saturated heterocycles. The van der Waals surface area contributed by atoms with Crippen molar-refractivity contribution in [2.45, 2.75) is 19.1 Å². The van der Waals surface area contributed by atoms with Crippen molar-refractivity contribution in [2.75, 3.05) is 27.4 Å². The van der Waals surface area contributed by atoms with E-state index in [2.05, 4.69) is 0 Å². The van der Waals surface area contributed by atoms with E-state index in [0.29, 0.717) is 11.5 Å². The van der Waals surface area contributed by atoms with Gasteiger partial charge in [0, 0.05) is 24.8 Å². The van der Waals surface area contributed by atoms with Crippen LogP contribution in [0, 0.1) is 0 Å². The average Bonchev–Trinajstić information content (AvgIpc) is 2.36.